The molecule has 74 valence electrons. The smallest absolute Gasteiger partial charge is 0.316 e. The van der Waals surface area contributed by atoms with Crippen molar-refractivity contribution in [1.29, 1.82) is 0 Å². The highest BCUT2D eigenvalue weighted by atomic mass is 16.5. The van der Waals surface area contributed by atoms with Crippen LogP contribution in [0, 0.1) is 11.8 Å². The van der Waals surface area contributed by atoms with Crippen molar-refractivity contribution >= 4 is 11.8 Å². The van der Waals surface area contributed by atoms with Crippen molar-refractivity contribution < 1.29 is 14.3 Å². The number of hydrogen-bond donors (Lipinski definition) is 0. The molecule has 0 saturated heterocycles. The van der Waals surface area contributed by atoms with Gasteiger partial charge in [-0.3, -0.25) is 9.59 Å². The number of carbonyl (C=O) groups excluding carboxylic acids is 2. The van der Waals surface area contributed by atoms with Gasteiger partial charge in [0.1, 0.15) is 11.7 Å². The van der Waals surface area contributed by atoms with Crippen molar-refractivity contribution in [3.05, 3.63) is 0 Å². The van der Waals surface area contributed by atoms with Gasteiger partial charge in [-0.2, -0.15) is 0 Å². The van der Waals surface area contributed by atoms with Crippen LogP contribution in [0.1, 0.15) is 33.1 Å². The molecule has 0 N–H and O–H groups in total. The lowest BCUT2D eigenvalue weighted by atomic mass is 9.82. The standard InChI is InChI=1S/C10H16O3/c1-3-13-10(12)8-5-4-7(2)6-9(8)11/h7-8H,3-6H2,1-2H3/t7-,8?/m0/s1. The monoisotopic (exact) mass is 184 g/mol. The summed E-state index contributed by atoms with van der Waals surface area (Å²) in [5.74, 6) is -0.328. The Hall–Kier alpha value is -0.860. The molecule has 1 aliphatic carbocycles. The lowest BCUT2D eigenvalue weighted by Gasteiger charge is -2.23. The minimum atomic E-state index is -0.476. The summed E-state index contributed by atoms with van der Waals surface area (Å²) in [5, 5.41) is 0. The SMILES string of the molecule is CCOC(=O)C1CC[C@H](C)CC1=O. The largest absolute Gasteiger partial charge is 0.465 e. The van der Waals surface area contributed by atoms with Crippen LogP contribution in [-0.4, -0.2) is 18.4 Å². The van der Waals surface area contributed by atoms with E-state index in [2.05, 4.69) is 0 Å². The van der Waals surface area contributed by atoms with E-state index < -0.39 is 5.92 Å². The maximum Gasteiger partial charge on any atom is 0.316 e. The van der Waals surface area contributed by atoms with Gasteiger partial charge in [-0.25, -0.2) is 0 Å². The lowest BCUT2D eigenvalue weighted by Crippen LogP contribution is -2.31. The molecule has 0 aromatic carbocycles. The molecule has 0 radical (unpaired) electrons. The van der Waals surface area contributed by atoms with E-state index in [1.165, 1.54) is 0 Å². The quantitative estimate of drug-likeness (QED) is 0.483. The van der Waals surface area contributed by atoms with Crippen molar-refractivity contribution in [2.75, 3.05) is 6.61 Å². The summed E-state index contributed by atoms with van der Waals surface area (Å²) < 4.78 is 4.83. The molecule has 0 aromatic rings. The molecule has 3 heteroatoms. The minimum Gasteiger partial charge on any atom is -0.465 e. The summed E-state index contributed by atoms with van der Waals surface area (Å²) in [7, 11) is 0. The molecule has 1 saturated carbocycles. The number of hydrogen-bond acceptors (Lipinski definition) is 3. The number of ketones is 1. The first-order chi connectivity index (χ1) is 6.15. The van der Waals surface area contributed by atoms with Crippen molar-refractivity contribution in [2.24, 2.45) is 11.8 Å². The van der Waals surface area contributed by atoms with E-state index >= 15 is 0 Å². The number of esters is 1. The fraction of sp³-hybridized carbons (Fsp3) is 0.800. The van der Waals surface area contributed by atoms with Crippen LogP contribution in [0.15, 0.2) is 0 Å². The molecule has 0 heterocycles. The van der Waals surface area contributed by atoms with Crippen molar-refractivity contribution in [3.63, 3.8) is 0 Å². The highest BCUT2D eigenvalue weighted by molar-refractivity contribution is 5.99. The van der Waals surface area contributed by atoms with Gasteiger partial charge < -0.3 is 4.74 Å². The van der Waals surface area contributed by atoms with Gasteiger partial charge in [-0.05, 0) is 25.7 Å². The molecule has 13 heavy (non-hydrogen) atoms. The van der Waals surface area contributed by atoms with Gasteiger partial charge in [0.2, 0.25) is 0 Å². The van der Waals surface area contributed by atoms with Gasteiger partial charge in [-0.15, -0.1) is 0 Å². The molecule has 3 nitrogen and oxygen atoms in total. The number of rotatable bonds is 2. The minimum absolute atomic E-state index is 0.0530. The molecule has 1 rings (SSSR count). The molecular weight excluding hydrogens is 168 g/mol. The van der Waals surface area contributed by atoms with Gasteiger partial charge in [0.15, 0.2) is 0 Å². The van der Waals surface area contributed by atoms with Crippen LogP contribution in [0.25, 0.3) is 0 Å². The number of Topliss-reactive ketones (excluding diaryl/α,β-unsaturated/α-hetero) is 1. The van der Waals surface area contributed by atoms with E-state index in [9.17, 15) is 9.59 Å². The Balaban J connectivity index is 2.51. The van der Waals surface area contributed by atoms with Gasteiger partial charge in [0.05, 0.1) is 6.61 Å². The average Bonchev–Trinajstić information content (AvgIpc) is 2.04. The zero-order chi connectivity index (χ0) is 9.84. The number of ether oxygens (including phenoxy) is 1. The molecule has 2 atom stereocenters. The van der Waals surface area contributed by atoms with Crippen LogP contribution < -0.4 is 0 Å². The zero-order valence-corrected chi connectivity index (χ0v) is 8.21. The van der Waals surface area contributed by atoms with Crippen LogP contribution in [0.5, 0.6) is 0 Å². The first kappa shape index (κ1) is 10.2. The maximum absolute atomic E-state index is 11.4. The molecule has 0 spiro atoms. The van der Waals surface area contributed by atoms with E-state index in [0.717, 1.165) is 6.42 Å². The van der Waals surface area contributed by atoms with Gasteiger partial charge in [0.25, 0.3) is 0 Å². The van der Waals surface area contributed by atoms with Crippen LogP contribution in [-0.2, 0) is 14.3 Å². The second-order valence-corrected chi connectivity index (χ2v) is 3.66. The third-order valence-electron chi connectivity index (χ3n) is 2.46. The predicted molar refractivity (Wildman–Crippen MR) is 48.1 cm³/mol. The Morgan fingerprint density at radius 2 is 2.23 bits per heavy atom. The Morgan fingerprint density at radius 3 is 2.77 bits per heavy atom. The first-order valence-corrected chi connectivity index (χ1v) is 4.84. The van der Waals surface area contributed by atoms with Crippen molar-refractivity contribution in [3.8, 4) is 0 Å². The van der Waals surface area contributed by atoms with Crippen LogP contribution in [0.3, 0.4) is 0 Å². The molecular formula is C10H16O3. The summed E-state index contributed by atoms with van der Waals surface area (Å²) >= 11 is 0. The summed E-state index contributed by atoms with van der Waals surface area (Å²) in [5.41, 5.74) is 0. The fourth-order valence-electron chi connectivity index (χ4n) is 1.69. The van der Waals surface area contributed by atoms with Gasteiger partial charge in [-0.1, -0.05) is 6.92 Å². The average molecular weight is 184 g/mol. The maximum atomic E-state index is 11.4. The molecule has 1 aliphatic rings. The van der Waals surface area contributed by atoms with E-state index in [1.807, 2.05) is 6.92 Å². The Kier molecular flexibility index (Phi) is 3.46. The third kappa shape index (κ3) is 2.54. The third-order valence-corrected chi connectivity index (χ3v) is 2.46. The van der Waals surface area contributed by atoms with E-state index in [0.29, 0.717) is 25.4 Å². The first-order valence-electron chi connectivity index (χ1n) is 4.84. The Labute approximate surface area is 78.5 Å². The van der Waals surface area contributed by atoms with Gasteiger partial charge >= 0.3 is 5.97 Å². The topological polar surface area (TPSA) is 43.4 Å². The lowest BCUT2D eigenvalue weighted by molar-refractivity contribution is -0.153. The summed E-state index contributed by atoms with van der Waals surface area (Å²) in [6.45, 7) is 4.16. The van der Waals surface area contributed by atoms with Crippen LogP contribution in [0.2, 0.25) is 0 Å². The molecule has 0 amide bonds. The second kappa shape index (κ2) is 4.40. The molecule has 0 bridgehead atoms. The normalized spacial score (nSPS) is 28.6. The summed E-state index contributed by atoms with van der Waals surface area (Å²) in [4.78, 5) is 22.7. The molecule has 1 unspecified atom stereocenters. The zero-order valence-electron chi connectivity index (χ0n) is 8.21. The molecule has 1 fully saturated rings. The summed E-state index contributed by atoms with van der Waals surface area (Å²) in [6, 6.07) is 0. The summed E-state index contributed by atoms with van der Waals surface area (Å²) in [6.07, 6.45) is 2.15. The van der Waals surface area contributed by atoms with Gasteiger partial charge in [0, 0.05) is 6.42 Å². The highest BCUT2D eigenvalue weighted by Crippen LogP contribution is 2.26. The predicted octanol–water partition coefficient (Wildman–Crippen LogP) is 1.55. The molecule has 0 aliphatic heterocycles. The van der Waals surface area contributed by atoms with Crippen LogP contribution >= 0.6 is 0 Å². The van der Waals surface area contributed by atoms with Crippen molar-refractivity contribution in [1.82, 2.24) is 0 Å². The molecule has 0 aromatic heterocycles. The second-order valence-electron chi connectivity index (χ2n) is 3.66. The van der Waals surface area contributed by atoms with E-state index in [-0.39, 0.29) is 11.8 Å². The Morgan fingerprint density at radius 1 is 1.54 bits per heavy atom. The van der Waals surface area contributed by atoms with E-state index in [4.69, 9.17) is 4.74 Å². The van der Waals surface area contributed by atoms with Crippen molar-refractivity contribution in [2.45, 2.75) is 33.1 Å². The Bertz CT molecular complexity index is 202. The van der Waals surface area contributed by atoms with E-state index in [1.54, 1.807) is 6.92 Å². The highest BCUT2D eigenvalue weighted by Gasteiger charge is 2.32. The van der Waals surface area contributed by atoms with Crippen LogP contribution in [0.4, 0.5) is 0 Å². The number of carbonyl (C=O) groups is 2. The fourth-order valence-corrected chi connectivity index (χ4v) is 1.69.